The molecule has 190 valence electrons. The number of ether oxygens (including phenoxy) is 1. The van der Waals surface area contributed by atoms with Crippen molar-refractivity contribution in [1.29, 1.82) is 0 Å². The van der Waals surface area contributed by atoms with Gasteiger partial charge >= 0.3 is 0 Å². The number of aryl methyl sites for hydroxylation is 3. The number of benzene rings is 2. The van der Waals surface area contributed by atoms with E-state index in [1.807, 2.05) is 68.6 Å². The summed E-state index contributed by atoms with van der Waals surface area (Å²) < 4.78 is 7.96. The number of hydrogen-bond acceptors (Lipinski definition) is 4. The first-order valence-corrected chi connectivity index (χ1v) is 13.8. The number of hydrogen-bond donors (Lipinski definition) is 1. The average Bonchev–Trinajstić information content (AvgIpc) is 3.41. The molecular weight excluding hydrogens is 478 g/mol. The number of rotatable bonds is 7. The molecular formula is C31H33N3O2S. The number of para-hydroxylation sites is 2. The Morgan fingerprint density at radius 2 is 1.84 bits per heavy atom. The lowest BCUT2D eigenvalue weighted by Crippen LogP contribution is -2.17. The van der Waals surface area contributed by atoms with Crippen molar-refractivity contribution >= 4 is 34.8 Å². The predicted molar refractivity (Wildman–Crippen MR) is 154 cm³/mol. The van der Waals surface area contributed by atoms with Crippen molar-refractivity contribution in [3.8, 4) is 10.8 Å². The highest BCUT2D eigenvalue weighted by Crippen LogP contribution is 2.39. The molecule has 4 aromatic rings. The van der Waals surface area contributed by atoms with Crippen LogP contribution in [-0.2, 0) is 12.8 Å². The van der Waals surface area contributed by atoms with E-state index in [2.05, 4.69) is 29.8 Å². The molecule has 5 rings (SSSR count). The lowest BCUT2D eigenvalue weighted by atomic mass is 9.95. The number of thiophene rings is 1. The van der Waals surface area contributed by atoms with Crippen LogP contribution < -0.4 is 10.1 Å². The van der Waals surface area contributed by atoms with Gasteiger partial charge in [-0.15, -0.1) is 11.3 Å². The summed E-state index contributed by atoms with van der Waals surface area (Å²) in [6.07, 6.45) is 6.18. The first kappa shape index (κ1) is 25.0. The second kappa shape index (κ2) is 10.8. The SMILES string of the molecule is CCOc1ccccc1N=Cc1cc(C)n(-c2sc3c(c2C(=O)Nc2ccc(C)cc2)CCCC3)c1C. The number of carbonyl (C=O) groups excluding carboxylic acids is 1. The highest BCUT2D eigenvalue weighted by molar-refractivity contribution is 7.15. The standard InChI is InChI=1S/C31H33N3O2S/c1-5-36-27-12-8-7-11-26(27)32-19-23-18-21(3)34(22(23)4)31-29(25-10-6-9-13-28(25)37-31)30(35)33-24-16-14-20(2)15-17-24/h7-8,11-12,14-19H,5-6,9-10,13H2,1-4H3,(H,33,35). The smallest absolute Gasteiger partial charge is 0.258 e. The van der Waals surface area contributed by atoms with Crippen molar-refractivity contribution in [3.05, 3.63) is 93.1 Å². The van der Waals surface area contributed by atoms with E-state index < -0.39 is 0 Å². The molecule has 0 atom stereocenters. The van der Waals surface area contributed by atoms with E-state index in [4.69, 9.17) is 9.73 Å². The minimum atomic E-state index is -0.0355. The molecule has 0 aliphatic heterocycles. The molecule has 2 aromatic carbocycles. The molecule has 1 amide bonds. The summed E-state index contributed by atoms with van der Waals surface area (Å²) in [5.74, 6) is 0.739. The lowest BCUT2D eigenvalue weighted by Gasteiger charge is -2.14. The fraction of sp³-hybridized carbons (Fsp3) is 0.290. The second-order valence-electron chi connectivity index (χ2n) is 9.53. The zero-order valence-corrected chi connectivity index (χ0v) is 22.7. The van der Waals surface area contributed by atoms with E-state index in [1.165, 1.54) is 22.4 Å². The van der Waals surface area contributed by atoms with Gasteiger partial charge in [0.2, 0.25) is 0 Å². The highest BCUT2D eigenvalue weighted by atomic mass is 32.1. The Balaban J connectivity index is 1.54. The van der Waals surface area contributed by atoms with E-state index in [9.17, 15) is 4.79 Å². The minimum Gasteiger partial charge on any atom is -0.492 e. The first-order chi connectivity index (χ1) is 18.0. The molecule has 1 N–H and O–H groups in total. The predicted octanol–water partition coefficient (Wildman–Crippen LogP) is 7.74. The van der Waals surface area contributed by atoms with Crippen LogP contribution in [0.5, 0.6) is 5.75 Å². The summed E-state index contributed by atoms with van der Waals surface area (Å²) in [6.45, 7) is 8.81. The van der Waals surface area contributed by atoms with E-state index in [1.54, 1.807) is 11.3 Å². The van der Waals surface area contributed by atoms with Gasteiger partial charge in [0, 0.05) is 33.7 Å². The topological polar surface area (TPSA) is 55.6 Å². The molecule has 0 unspecified atom stereocenters. The molecule has 6 heteroatoms. The summed E-state index contributed by atoms with van der Waals surface area (Å²) in [5, 5.41) is 4.16. The summed E-state index contributed by atoms with van der Waals surface area (Å²) in [7, 11) is 0. The summed E-state index contributed by atoms with van der Waals surface area (Å²) in [4.78, 5) is 19.8. The van der Waals surface area contributed by atoms with Gasteiger partial charge in [0.1, 0.15) is 16.4 Å². The Bertz CT molecular complexity index is 1460. The average molecular weight is 512 g/mol. The van der Waals surface area contributed by atoms with Gasteiger partial charge in [-0.2, -0.15) is 0 Å². The summed E-state index contributed by atoms with van der Waals surface area (Å²) >= 11 is 1.76. The zero-order chi connectivity index (χ0) is 25.9. The summed E-state index contributed by atoms with van der Waals surface area (Å²) in [6, 6.07) is 17.9. The fourth-order valence-corrected chi connectivity index (χ4v) is 6.48. The van der Waals surface area contributed by atoms with Crippen molar-refractivity contribution in [2.45, 2.75) is 53.4 Å². The number of nitrogens with one attached hydrogen (secondary N) is 1. The van der Waals surface area contributed by atoms with Crippen molar-refractivity contribution in [2.75, 3.05) is 11.9 Å². The van der Waals surface area contributed by atoms with Gasteiger partial charge in [-0.05, 0) is 89.3 Å². The maximum atomic E-state index is 13.7. The van der Waals surface area contributed by atoms with Crippen LogP contribution in [0.15, 0.2) is 59.6 Å². The molecule has 0 fully saturated rings. The number of aromatic nitrogens is 1. The van der Waals surface area contributed by atoms with Gasteiger partial charge in [-0.25, -0.2) is 0 Å². The van der Waals surface area contributed by atoms with Crippen molar-refractivity contribution in [2.24, 2.45) is 4.99 Å². The molecule has 0 spiro atoms. The number of fused-ring (bicyclic) bond motifs is 1. The maximum Gasteiger partial charge on any atom is 0.258 e. The van der Waals surface area contributed by atoms with Crippen LogP contribution in [0.25, 0.3) is 5.00 Å². The van der Waals surface area contributed by atoms with Gasteiger partial charge < -0.3 is 14.6 Å². The van der Waals surface area contributed by atoms with Gasteiger partial charge in [0.25, 0.3) is 5.91 Å². The molecule has 5 nitrogen and oxygen atoms in total. The Kier molecular flexibility index (Phi) is 7.28. The van der Waals surface area contributed by atoms with Crippen LogP contribution in [0.3, 0.4) is 0 Å². The number of anilines is 1. The van der Waals surface area contributed by atoms with Crippen molar-refractivity contribution in [1.82, 2.24) is 4.57 Å². The van der Waals surface area contributed by atoms with Gasteiger partial charge in [-0.1, -0.05) is 29.8 Å². The van der Waals surface area contributed by atoms with Crippen LogP contribution in [0.4, 0.5) is 11.4 Å². The third-order valence-electron chi connectivity index (χ3n) is 6.87. The van der Waals surface area contributed by atoms with Gasteiger partial charge in [-0.3, -0.25) is 9.79 Å². The quantitative estimate of drug-likeness (QED) is 0.258. The Morgan fingerprint density at radius 1 is 1.08 bits per heavy atom. The molecule has 0 saturated carbocycles. The Morgan fingerprint density at radius 3 is 2.62 bits per heavy atom. The number of aliphatic imine (C=N–C) groups is 1. The monoisotopic (exact) mass is 511 g/mol. The molecule has 0 radical (unpaired) electrons. The largest absolute Gasteiger partial charge is 0.492 e. The van der Waals surface area contributed by atoms with Crippen molar-refractivity contribution < 1.29 is 9.53 Å². The van der Waals surface area contributed by atoms with Gasteiger partial charge in [0.15, 0.2) is 0 Å². The molecule has 2 heterocycles. The van der Waals surface area contributed by atoms with Crippen LogP contribution in [0.1, 0.15) is 63.1 Å². The molecule has 2 aromatic heterocycles. The fourth-order valence-electron chi connectivity index (χ4n) is 4.98. The molecule has 0 bridgehead atoms. The lowest BCUT2D eigenvalue weighted by molar-refractivity contribution is 0.102. The molecule has 37 heavy (non-hydrogen) atoms. The van der Waals surface area contributed by atoms with E-state index >= 15 is 0 Å². The minimum absolute atomic E-state index is 0.0355. The van der Waals surface area contributed by atoms with Crippen LogP contribution in [0, 0.1) is 20.8 Å². The zero-order valence-electron chi connectivity index (χ0n) is 21.9. The van der Waals surface area contributed by atoms with Crippen LogP contribution in [0.2, 0.25) is 0 Å². The molecule has 1 aliphatic rings. The normalized spacial score (nSPS) is 13.1. The second-order valence-corrected chi connectivity index (χ2v) is 10.6. The third kappa shape index (κ3) is 5.12. The first-order valence-electron chi connectivity index (χ1n) is 12.9. The van der Waals surface area contributed by atoms with Gasteiger partial charge in [0.05, 0.1) is 12.2 Å². The number of nitrogens with zero attached hydrogens (tertiary/aromatic N) is 2. The maximum absolute atomic E-state index is 13.7. The molecule has 1 aliphatic carbocycles. The molecule has 0 saturated heterocycles. The number of amides is 1. The highest BCUT2D eigenvalue weighted by Gasteiger charge is 2.28. The van der Waals surface area contributed by atoms with Crippen LogP contribution in [-0.4, -0.2) is 23.3 Å². The number of carbonyl (C=O) groups is 1. The van der Waals surface area contributed by atoms with E-state index in [-0.39, 0.29) is 5.91 Å². The summed E-state index contributed by atoms with van der Waals surface area (Å²) in [5.41, 5.74) is 8.00. The Hall–Kier alpha value is -3.64. The third-order valence-corrected chi connectivity index (χ3v) is 8.15. The van der Waals surface area contributed by atoms with E-state index in [0.29, 0.717) is 6.61 Å². The van der Waals surface area contributed by atoms with Crippen molar-refractivity contribution in [3.63, 3.8) is 0 Å². The van der Waals surface area contributed by atoms with E-state index in [0.717, 1.165) is 63.9 Å². The Labute approximate surface area is 222 Å². The van der Waals surface area contributed by atoms with Crippen LogP contribution >= 0.6 is 11.3 Å².